The molecule has 10 nitrogen and oxygen atoms in total. The van der Waals surface area contributed by atoms with Crippen LogP contribution in [0.3, 0.4) is 0 Å². The quantitative estimate of drug-likeness (QED) is 0.587. The number of carbonyl (C=O) groups is 2. The molecule has 0 spiro atoms. The van der Waals surface area contributed by atoms with E-state index in [4.69, 9.17) is 15.2 Å². The largest absolute Gasteiger partial charge is 0.449 e. The first-order valence-electron chi connectivity index (χ1n) is 11.7. The van der Waals surface area contributed by atoms with Crippen LogP contribution in [0.2, 0.25) is 0 Å². The summed E-state index contributed by atoms with van der Waals surface area (Å²) in [4.78, 5) is 26.2. The topological polar surface area (TPSA) is 136 Å². The number of rotatable bonds is 8. The summed E-state index contributed by atoms with van der Waals surface area (Å²) in [6, 6.07) is 7.56. The molecule has 186 valence electrons. The number of halogens is 1. The number of nitrogens with two attached hydrogens (primary N) is 1. The van der Waals surface area contributed by atoms with E-state index < -0.39 is 5.91 Å². The maximum Gasteiger partial charge on any atom is 0.409 e. The van der Waals surface area contributed by atoms with Crippen molar-refractivity contribution in [3.63, 3.8) is 0 Å². The summed E-state index contributed by atoms with van der Waals surface area (Å²) in [7, 11) is 0. The average molecular weight is 485 g/mol. The molecule has 1 aromatic heterocycles. The molecule has 35 heavy (non-hydrogen) atoms. The maximum atomic E-state index is 13.2. The van der Waals surface area contributed by atoms with Gasteiger partial charge in [0.1, 0.15) is 11.4 Å². The maximum absolute atomic E-state index is 13.2. The molecular formula is C24H29FN6O4. The Balaban J connectivity index is 1.41. The highest BCUT2D eigenvalue weighted by molar-refractivity contribution is 5.98. The van der Waals surface area contributed by atoms with Gasteiger partial charge in [-0.1, -0.05) is 0 Å². The molecule has 4 rings (SSSR count). The van der Waals surface area contributed by atoms with Crippen molar-refractivity contribution in [3.05, 3.63) is 41.8 Å². The van der Waals surface area contributed by atoms with Crippen LogP contribution in [0.1, 0.15) is 42.1 Å². The van der Waals surface area contributed by atoms with E-state index >= 15 is 0 Å². The van der Waals surface area contributed by atoms with Crippen LogP contribution in [0, 0.1) is 29.0 Å². The van der Waals surface area contributed by atoms with Crippen molar-refractivity contribution in [2.45, 2.75) is 31.7 Å². The third-order valence-electron chi connectivity index (χ3n) is 6.55. The molecule has 3 heterocycles. The number of ether oxygens (including phenoxy) is 2. The zero-order valence-electron chi connectivity index (χ0n) is 19.4. The van der Waals surface area contributed by atoms with Gasteiger partial charge in [-0.05, 0) is 49.4 Å². The minimum Gasteiger partial charge on any atom is -0.449 e. The standard InChI is InChI=1S/C24H29FN6O4/c25-18-1-3-19(4-2-18)28-23-20(22(27)32)13-31(29-23)21(5-9-26)17-6-10-30(11-7-17)24(33)35-15-16-8-12-34-14-16/h1-4,13,16-17,21H,5-8,10-12,14-15H2,(H2,27,32)(H,28,29). The molecule has 2 atom stereocenters. The van der Waals surface area contributed by atoms with Gasteiger partial charge in [0.05, 0.1) is 31.7 Å². The Morgan fingerprint density at radius 1 is 1.29 bits per heavy atom. The number of nitriles is 1. The van der Waals surface area contributed by atoms with E-state index in [1.54, 1.807) is 15.8 Å². The number of nitrogens with one attached hydrogen (secondary N) is 1. The molecule has 0 aliphatic carbocycles. The molecule has 11 heteroatoms. The molecule has 0 bridgehead atoms. The van der Waals surface area contributed by atoms with Gasteiger partial charge in [0, 0.05) is 37.5 Å². The fourth-order valence-electron chi connectivity index (χ4n) is 4.54. The highest BCUT2D eigenvalue weighted by Crippen LogP contribution is 2.33. The molecule has 1 aromatic carbocycles. The number of piperidine rings is 1. The van der Waals surface area contributed by atoms with Crippen LogP contribution < -0.4 is 11.1 Å². The number of amides is 2. The van der Waals surface area contributed by atoms with Gasteiger partial charge in [-0.15, -0.1) is 0 Å². The highest BCUT2D eigenvalue weighted by Gasteiger charge is 2.32. The highest BCUT2D eigenvalue weighted by atomic mass is 19.1. The number of hydrogen-bond donors (Lipinski definition) is 2. The Morgan fingerprint density at radius 2 is 2.03 bits per heavy atom. The van der Waals surface area contributed by atoms with Gasteiger partial charge < -0.3 is 25.4 Å². The molecule has 2 unspecified atom stereocenters. The minimum atomic E-state index is -0.665. The van der Waals surface area contributed by atoms with E-state index in [1.165, 1.54) is 24.3 Å². The monoisotopic (exact) mass is 484 g/mol. The van der Waals surface area contributed by atoms with Crippen molar-refractivity contribution >= 4 is 23.5 Å². The van der Waals surface area contributed by atoms with Crippen molar-refractivity contribution in [1.29, 1.82) is 5.26 Å². The number of anilines is 2. The van der Waals surface area contributed by atoms with E-state index in [-0.39, 0.29) is 47.6 Å². The number of aromatic nitrogens is 2. The first-order chi connectivity index (χ1) is 16.9. The third-order valence-corrected chi connectivity index (χ3v) is 6.55. The Kier molecular flexibility index (Phi) is 7.82. The summed E-state index contributed by atoms with van der Waals surface area (Å²) in [6.07, 6.45) is 3.64. The second-order valence-corrected chi connectivity index (χ2v) is 8.93. The Morgan fingerprint density at radius 3 is 2.66 bits per heavy atom. The summed E-state index contributed by atoms with van der Waals surface area (Å²) in [5, 5.41) is 17.0. The number of likely N-dealkylation sites (tertiary alicyclic amines) is 1. The summed E-state index contributed by atoms with van der Waals surface area (Å²) in [5.41, 5.74) is 6.28. The van der Waals surface area contributed by atoms with Crippen LogP contribution in [0.4, 0.5) is 20.7 Å². The van der Waals surface area contributed by atoms with Gasteiger partial charge >= 0.3 is 6.09 Å². The summed E-state index contributed by atoms with van der Waals surface area (Å²) < 4.78 is 25.6. The molecule has 0 saturated carbocycles. The van der Waals surface area contributed by atoms with Gasteiger partial charge in [-0.2, -0.15) is 10.4 Å². The third kappa shape index (κ3) is 6.08. The first kappa shape index (κ1) is 24.5. The van der Waals surface area contributed by atoms with Crippen molar-refractivity contribution in [2.24, 2.45) is 17.6 Å². The zero-order valence-corrected chi connectivity index (χ0v) is 19.4. The van der Waals surface area contributed by atoms with E-state index in [0.29, 0.717) is 51.4 Å². The molecule has 2 aliphatic heterocycles. The van der Waals surface area contributed by atoms with E-state index in [0.717, 1.165) is 6.42 Å². The SMILES string of the molecule is N#CCC(C1CCN(C(=O)OCC2CCOC2)CC1)n1cc(C(N)=O)c(Nc2ccc(F)cc2)n1. The zero-order chi connectivity index (χ0) is 24.8. The van der Waals surface area contributed by atoms with Gasteiger partial charge in [-0.25, -0.2) is 9.18 Å². The van der Waals surface area contributed by atoms with E-state index in [9.17, 15) is 19.2 Å². The second-order valence-electron chi connectivity index (χ2n) is 8.93. The summed E-state index contributed by atoms with van der Waals surface area (Å²) >= 11 is 0. The predicted molar refractivity (Wildman–Crippen MR) is 124 cm³/mol. The molecule has 2 amide bonds. The number of benzene rings is 1. The lowest BCUT2D eigenvalue weighted by Gasteiger charge is -2.35. The molecule has 3 N–H and O–H groups in total. The number of primary amides is 1. The summed E-state index contributed by atoms with van der Waals surface area (Å²) in [6.45, 7) is 2.72. The van der Waals surface area contributed by atoms with E-state index in [1.807, 2.05) is 0 Å². The fraction of sp³-hybridized carbons (Fsp3) is 0.500. The van der Waals surface area contributed by atoms with Crippen LogP contribution in [0.5, 0.6) is 0 Å². The lowest BCUT2D eigenvalue weighted by molar-refractivity contribution is 0.0667. The Hall–Kier alpha value is -3.65. The van der Waals surface area contributed by atoms with Gasteiger partial charge in [0.2, 0.25) is 0 Å². The first-order valence-corrected chi connectivity index (χ1v) is 11.7. The van der Waals surface area contributed by atoms with Gasteiger partial charge in [0.25, 0.3) is 5.91 Å². The molecule has 2 aliphatic rings. The van der Waals surface area contributed by atoms with Gasteiger partial charge in [-0.3, -0.25) is 9.48 Å². The molecule has 0 radical (unpaired) electrons. The Labute approximate surface area is 202 Å². The fourth-order valence-corrected chi connectivity index (χ4v) is 4.54. The smallest absolute Gasteiger partial charge is 0.409 e. The molecular weight excluding hydrogens is 455 g/mol. The molecule has 2 saturated heterocycles. The predicted octanol–water partition coefficient (Wildman–Crippen LogP) is 3.20. The van der Waals surface area contributed by atoms with Crippen molar-refractivity contribution < 1.29 is 23.5 Å². The number of hydrogen-bond acceptors (Lipinski definition) is 7. The molecule has 2 aromatic rings. The van der Waals surface area contributed by atoms with Crippen LogP contribution in [-0.2, 0) is 9.47 Å². The molecule has 2 fully saturated rings. The van der Waals surface area contributed by atoms with Crippen LogP contribution in [0.15, 0.2) is 30.5 Å². The van der Waals surface area contributed by atoms with Gasteiger partial charge in [0.15, 0.2) is 5.82 Å². The van der Waals surface area contributed by atoms with Crippen LogP contribution in [-0.4, -0.2) is 59.6 Å². The lowest BCUT2D eigenvalue weighted by atomic mass is 9.88. The number of nitrogens with zero attached hydrogens (tertiary/aromatic N) is 4. The van der Waals surface area contributed by atoms with Crippen molar-refractivity contribution in [3.8, 4) is 6.07 Å². The Bertz CT molecular complexity index is 1070. The van der Waals surface area contributed by atoms with Crippen molar-refractivity contribution in [2.75, 3.05) is 38.2 Å². The van der Waals surface area contributed by atoms with Crippen molar-refractivity contribution in [1.82, 2.24) is 14.7 Å². The minimum absolute atomic E-state index is 0.0706. The second kappa shape index (κ2) is 11.2. The van der Waals surface area contributed by atoms with Crippen LogP contribution >= 0.6 is 0 Å². The normalized spacial score (nSPS) is 19.2. The van der Waals surface area contributed by atoms with E-state index in [2.05, 4.69) is 16.5 Å². The lowest BCUT2D eigenvalue weighted by Crippen LogP contribution is -2.41. The number of carbonyl (C=O) groups excluding carboxylic acids is 2. The summed E-state index contributed by atoms with van der Waals surface area (Å²) in [5.74, 6) is -0.478. The van der Waals surface area contributed by atoms with Crippen LogP contribution in [0.25, 0.3) is 0 Å². The average Bonchev–Trinajstić information content (AvgIpc) is 3.53.